The van der Waals surface area contributed by atoms with Crippen molar-refractivity contribution >= 4 is 15.9 Å². The lowest BCUT2D eigenvalue weighted by Crippen LogP contribution is -2.45. The highest BCUT2D eigenvalue weighted by molar-refractivity contribution is 7.88. The first-order valence-electron chi connectivity index (χ1n) is 8.39. The second-order valence-corrected chi connectivity index (χ2v) is 8.86. The number of hydrogen-bond donors (Lipinski definition) is 0. The third-order valence-corrected chi connectivity index (χ3v) is 5.13. The SMILES string of the molecule is CC(C)CCN(CC(=O)N(Cc1ccccc1)C(C)C)S(C)(=O)=O. The molecule has 0 spiro atoms. The topological polar surface area (TPSA) is 57.7 Å². The molecule has 0 aliphatic rings. The van der Waals surface area contributed by atoms with Crippen LogP contribution in [0, 0.1) is 5.92 Å². The molecule has 5 nitrogen and oxygen atoms in total. The molecule has 6 heteroatoms. The lowest BCUT2D eigenvalue weighted by Gasteiger charge is -2.30. The molecule has 0 aliphatic heterocycles. The summed E-state index contributed by atoms with van der Waals surface area (Å²) in [5, 5.41) is 0. The van der Waals surface area contributed by atoms with Crippen LogP contribution < -0.4 is 0 Å². The largest absolute Gasteiger partial charge is 0.335 e. The first-order chi connectivity index (χ1) is 11.1. The van der Waals surface area contributed by atoms with Crippen LogP contribution in [0.1, 0.15) is 39.7 Å². The second-order valence-electron chi connectivity index (χ2n) is 6.88. The number of carbonyl (C=O) groups is 1. The van der Waals surface area contributed by atoms with Crippen LogP contribution in [0.2, 0.25) is 0 Å². The molecule has 0 unspecified atom stereocenters. The quantitative estimate of drug-likeness (QED) is 0.685. The van der Waals surface area contributed by atoms with Gasteiger partial charge in [-0.25, -0.2) is 8.42 Å². The van der Waals surface area contributed by atoms with E-state index in [0.717, 1.165) is 18.2 Å². The maximum Gasteiger partial charge on any atom is 0.238 e. The molecule has 0 N–H and O–H groups in total. The zero-order valence-corrected chi connectivity index (χ0v) is 16.2. The maximum atomic E-state index is 12.7. The van der Waals surface area contributed by atoms with Gasteiger partial charge in [0.25, 0.3) is 0 Å². The van der Waals surface area contributed by atoms with Gasteiger partial charge in [-0.15, -0.1) is 0 Å². The van der Waals surface area contributed by atoms with Crippen molar-refractivity contribution in [2.75, 3.05) is 19.3 Å². The molecule has 0 saturated carbocycles. The van der Waals surface area contributed by atoms with Crippen molar-refractivity contribution in [2.45, 2.75) is 46.7 Å². The minimum atomic E-state index is -3.40. The molecule has 1 rings (SSSR count). The van der Waals surface area contributed by atoms with Crippen molar-refractivity contribution in [2.24, 2.45) is 5.92 Å². The summed E-state index contributed by atoms with van der Waals surface area (Å²) in [5.74, 6) is 0.220. The molecular formula is C18H30N2O3S. The number of benzene rings is 1. The van der Waals surface area contributed by atoms with Crippen molar-refractivity contribution in [1.29, 1.82) is 0 Å². The van der Waals surface area contributed by atoms with Gasteiger partial charge in [0, 0.05) is 19.1 Å². The summed E-state index contributed by atoms with van der Waals surface area (Å²) in [5.41, 5.74) is 1.03. The molecule has 1 amide bonds. The highest BCUT2D eigenvalue weighted by atomic mass is 32.2. The number of hydrogen-bond acceptors (Lipinski definition) is 3. The molecule has 0 aromatic heterocycles. The summed E-state index contributed by atoms with van der Waals surface area (Å²) in [4.78, 5) is 14.4. The average molecular weight is 355 g/mol. The van der Waals surface area contributed by atoms with Gasteiger partial charge in [0.2, 0.25) is 15.9 Å². The number of amides is 1. The summed E-state index contributed by atoms with van der Waals surface area (Å²) >= 11 is 0. The van der Waals surface area contributed by atoms with Gasteiger partial charge in [0.05, 0.1) is 12.8 Å². The molecule has 0 atom stereocenters. The monoisotopic (exact) mass is 354 g/mol. The molecule has 1 aromatic rings. The van der Waals surface area contributed by atoms with Crippen LogP contribution in [-0.4, -0.2) is 48.9 Å². The normalized spacial score (nSPS) is 12.2. The number of sulfonamides is 1. The van der Waals surface area contributed by atoms with Gasteiger partial charge in [-0.3, -0.25) is 4.79 Å². The Labute approximate surface area is 146 Å². The average Bonchev–Trinajstić information content (AvgIpc) is 2.48. The predicted molar refractivity (Wildman–Crippen MR) is 98.0 cm³/mol. The molecule has 0 saturated heterocycles. The summed E-state index contributed by atoms with van der Waals surface area (Å²) in [6.07, 6.45) is 1.90. The fourth-order valence-electron chi connectivity index (χ4n) is 2.34. The first-order valence-corrected chi connectivity index (χ1v) is 10.2. The molecule has 0 radical (unpaired) electrons. The van der Waals surface area contributed by atoms with Gasteiger partial charge in [-0.05, 0) is 31.7 Å². The van der Waals surface area contributed by atoms with Crippen LogP contribution in [0.25, 0.3) is 0 Å². The minimum Gasteiger partial charge on any atom is -0.335 e. The van der Waals surface area contributed by atoms with Crippen molar-refractivity contribution in [3.05, 3.63) is 35.9 Å². The van der Waals surface area contributed by atoms with Gasteiger partial charge in [-0.1, -0.05) is 44.2 Å². The smallest absolute Gasteiger partial charge is 0.238 e. The van der Waals surface area contributed by atoms with E-state index >= 15 is 0 Å². The van der Waals surface area contributed by atoms with E-state index in [1.165, 1.54) is 4.31 Å². The summed E-state index contributed by atoms with van der Waals surface area (Å²) < 4.78 is 25.3. The summed E-state index contributed by atoms with van der Waals surface area (Å²) in [7, 11) is -3.40. The first kappa shape index (κ1) is 20.6. The molecule has 0 bridgehead atoms. The highest BCUT2D eigenvalue weighted by Crippen LogP contribution is 2.12. The third-order valence-electron chi connectivity index (χ3n) is 3.88. The second kappa shape index (κ2) is 9.18. The Morgan fingerprint density at radius 2 is 1.67 bits per heavy atom. The van der Waals surface area contributed by atoms with Gasteiger partial charge < -0.3 is 4.90 Å². The van der Waals surface area contributed by atoms with Crippen LogP contribution >= 0.6 is 0 Å². The van der Waals surface area contributed by atoms with E-state index in [-0.39, 0.29) is 18.5 Å². The molecule has 0 fully saturated rings. The van der Waals surface area contributed by atoms with Gasteiger partial charge >= 0.3 is 0 Å². The highest BCUT2D eigenvalue weighted by Gasteiger charge is 2.25. The summed E-state index contributed by atoms with van der Waals surface area (Å²) in [6, 6.07) is 9.74. The van der Waals surface area contributed by atoms with Crippen LogP contribution in [0.15, 0.2) is 30.3 Å². The molecule has 0 heterocycles. The molecule has 0 aliphatic carbocycles. The summed E-state index contributed by atoms with van der Waals surface area (Å²) in [6.45, 7) is 8.73. The molecule has 24 heavy (non-hydrogen) atoms. The van der Waals surface area contributed by atoms with Gasteiger partial charge in [0.1, 0.15) is 0 Å². The van der Waals surface area contributed by atoms with Crippen molar-refractivity contribution in [3.8, 4) is 0 Å². The van der Waals surface area contributed by atoms with E-state index in [1.54, 1.807) is 4.90 Å². The fourth-order valence-corrected chi connectivity index (χ4v) is 3.13. The van der Waals surface area contributed by atoms with E-state index in [2.05, 4.69) is 0 Å². The Balaban J connectivity index is 2.84. The third kappa shape index (κ3) is 7.01. The van der Waals surface area contributed by atoms with Gasteiger partial charge in [-0.2, -0.15) is 4.31 Å². The van der Waals surface area contributed by atoms with E-state index < -0.39 is 10.0 Å². The standard InChI is InChI=1S/C18H30N2O3S/c1-15(2)11-12-19(24(5,22)23)14-18(21)20(16(3)4)13-17-9-7-6-8-10-17/h6-10,15-16H,11-14H2,1-5H3. The molecule has 1 aromatic carbocycles. The lowest BCUT2D eigenvalue weighted by molar-refractivity contribution is -0.133. The van der Waals surface area contributed by atoms with Crippen LogP contribution in [-0.2, 0) is 21.4 Å². The maximum absolute atomic E-state index is 12.7. The zero-order valence-electron chi connectivity index (χ0n) is 15.4. The van der Waals surface area contributed by atoms with Crippen LogP contribution in [0.3, 0.4) is 0 Å². The minimum absolute atomic E-state index is 0.00390. The molecule has 136 valence electrons. The van der Waals surface area contributed by atoms with E-state index in [0.29, 0.717) is 19.0 Å². The van der Waals surface area contributed by atoms with E-state index in [1.807, 2.05) is 58.0 Å². The Bertz CT molecular complexity index is 612. The fraction of sp³-hybridized carbons (Fsp3) is 0.611. The Morgan fingerprint density at radius 1 is 1.08 bits per heavy atom. The molecular weight excluding hydrogens is 324 g/mol. The predicted octanol–water partition coefficient (Wildman–Crippen LogP) is 2.73. The van der Waals surface area contributed by atoms with Crippen LogP contribution in [0.5, 0.6) is 0 Å². The number of nitrogens with zero attached hydrogens (tertiary/aromatic N) is 2. The van der Waals surface area contributed by atoms with Crippen molar-refractivity contribution < 1.29 is 13.2 Å². The van der Waals surface area contributed by atoms with Crippen LogP contribution in [0.4, 0.5) is 0 Å². The Hall–Kier alpha value is -1.40. The Kier molecular flexibility index (Phi) is 7.90. The van der Waals surface area contributed by atoms with E-state index in [9.17, 15) is 13.2 Å². The van der Waals surface area contributed by atoms with E-state index in [4.69, 9.17) is 0 Å². The number of rotatable bonds is 9. The Morgan fingerprint density at radius 3 is 2.12 bits per heavy atom. The number of carbonyl (C=O) groups excluding carboxylic acids is 1. The lowest BCUT2D eigenvalue weighted by atomic mass is 10.1. The zero-order chi connectivity index (χ0) is 18.3. The van der Waals surface area contributed by atoms with Crippen molar-refractivity contribution in [3.63, 3.8) is 0 Å². The van der Waals surface area contributed by atoms with Gasteiger partial charge in [0.15, 0.2) is 0 Å². The van der Waals surface area contributed by atoms with Crippen molar-refractivity contribution in [1.82, 2.24) is 9.21 Å².